The first-order chi connectivity index (χ1) is 13.6. The molecule has 0 radical (unpaired) electrons. The van der Waals surface area contributed by atoms with Crippen LogP contribution in [0.3, 0.4) is 0 Å². The van der Waals surface area contributed by atoms with E-state index in [1.165, 1.54) is 0 Å². The first kappa shape index (κ1) is 19.4. The van der Waals surface area contributed by atoms with E-state index in [1.807, 2.05) is 76.2 Å². The Labute approximate surface area is 165 Å². The highest BCUT2D eigenvalue weighted by Crippen LogP contribution is 2.26. The van der Waals surface area contributed by atoms with E-state index in [1.54, 1.807) is 6.20 Å². The van der Waals surface area contributed by atoms with Gasteiger partial charge in [-0.2, -0.15) is 4.98 Å². The molecule has 28 heavy (non-hydrogen) atoms. The summed E-state index contributed by atoms with van der Waals surface area (Å²) in [5.41, 5.74) is 4.08. The summed E-state index contributed by atoms with van der Waals surface area (Å²) in [6, 6.07) is 18.0. The number of nitrogens with one attached hydrogen (secondary N) is 1. The molecular weight excluding hydrogens is 348 g/mol. The molecule has 2 aromatic carbocycles. The van der Waals surface area contributed by atoms with E-state index in [0.717, 1.165) is 34.1 Å². The first-order valence-corrected chi connectivity index (χ1v) is 9.44. The lowest BCUT2D eigenvalue weighted by Crippen LogP contribution is -2.12. The van der Waals surface area contributed by atoms with Crippen molar-refractivity contribution < 1.29 is 0 Å². The third-order valence-corrected chi connectivity index (χ3v) is 4.49. The van der Waals surface area contributed by atoms with Gasteiger partial charge in [0.1, 0.15) is 11.6 Å². The molecule has 0 spiro atoms. The SMILES string of the molecule is CC.Cc1nc2cc(N(C)c3ccnc(Nc4ccccc4)n3)ccc2n1C. The van der Waals surface area contributed by atoms with E-state index in [9.17, 15) is 0 Å². The predicted molar refractivity (Wildman–Crippen MR) is 117 cm³/mol. The zero-order valence-corrected chi connectivity index (χ0v) is 17.0. The smallest absolute Gasteiger partial charge is 0.229 e. The number of para-hydroxylation sites is 1. The fourth-order valence-electron chi connectivity index (χ4n) is 2.90. The number of imidazole rings is 1. The number of benzene rings is 2. The summed E-state index contributed by atoms with van der Waals surface area (Å²) in [6.07, 6.45) is 1.76. The molecule has 0 bridgehead atoms. The molecule has 0 aliphatic heterocycles. The molecule has 0 aliphatic carbocycles. The van der Waals surface area contributed by atoms with E-state index in [2.05, 4.69) is 43.0 Å². The maximum atomic E-state index is 4.63. The highest BCUT2D eigenvalue weighted by molar-refractivity contribution is 5.81. The normalized spacial score (nSPS) is 10.3. The van der Waals surface area contributed by atoms with E-state index in [0.29, 0.717) is 5.95 Å². The van der Waals surface area contributed by atoms with Gasteiger partial charge < -0.3 is 14.8 Å². The molecule has 0 amide bonds. The van der Waals surface area contributed by atoms with Gasteiger partial charge in [-0.3, -0.25) is 0 Å². The Morgan fingerprint density at radius 2 is 1.71 bits per heavy atom. The van der Waals surface area contributed by atoms with Crippen LogP contribution in [0.15, 0.2) is 60.8 Å². The molecule has 6 heteroatoms. The highest BCUT2D eigenvalue weighted by atomic mass is 15.2. The molecule has 0 fully saturated rings. The Morgan fingerprint density at radius 1 is 0.964 bits per heavy atom. The van der Waals surface area contributed by atoms with Crippen molar-refractivity contribution in [2.45, 2.75) is 20.8 Å². The van der Waals surface area contributed by atoms with Crippen molar-refractivity contribution >= 4 is 34.2 Å². The molecule has 1 N–H and O–H groups in total. The Kier molecular flexibility index (Phi) is 5.89. The number of aryl methyl sites for hydroxylation is 2. The van der Waals surface area contributed by atoms with E-state index in [-0.39, 0.29) is 0 Å². The van der Waals surface area contributed by atoms with Gasteiger partial charge in [-0.25, -0.2) is 9.97 Å². The zero-order chi connectivity index (χ0) is 20.1. The quantitative estimate of drug-likeness (QED) is 0.531. The van der Waals surface area contributed by atoms with Crippen LogP contribution in [0, 0.1) is 6.92 Å². The van der Waals surface area contributed by atoms with Gasteiger partial charge in [-0.1, -0.05) is 32.0 Å². The molecule has 4 rings (SSSR count). The minimum atomic E-state index is 0.565. The molecule has 144 valence electrons. The first-order valence-electron chi connectivity index (χ1n) is 9.44. The molecule has 0 saturated heterocycles. The lowest BCUT2D eigenvalue weighted by atomic mass is 10.2. The van der Waals surface area contributed by atoms with Gasteiger partial charge in [0.25, 0.3) is 0 Å². The minimum Gasteiger partial charge on any atom is -0.331 e. The molecule has 0 atom stereocenters. The van der Waals surface area contributed by atoms with Crippen LogP contribution in [0.25, 0.3) is 11.0 Å². The number of hydrogen-bond donors (Lipinski definition) is 1. The lowest BCUT2D eigenvalue weighted by Gasteiger charge is -2.19. The largest absolute Gasteiger partial charge is 0.331 e. The maximum absolute atomic E-state index is 4.63. The highest BCUT2D eigenvalue weighted by Gasteiger charge is 2.10. The Morgan fingerprint density at radius 3 is 2.46 bits per heavy atom. The number of hydrogen-bond acceptors (Lipinski definition) is 5. The zero-order valence-electron chi connectivity index (χ0n) is 17.0. The van der Waals surface area contributed by atoms with Crippen LogP contribution in [0.1, 0.15) is 19.7 Å². The maximum Gasteiger partial charge on any atom is 0.229 e. The molecule has 0 saturated carbocycles. The second-order valence-corrected chi connectivity index (χ2v) is 6.18. The van der Waals surface area contributed by atoms with Crippen LogP contribution >= 0.6 is 0 Å². The number of aromatic nitrogens is 4. The van der Waals surface area contributed by atoms with Gasteiger partial charge in [0.15, 0.2) is 0 Å². The molecule has 6 nitrogen and oxygen atoms in total. The minimum absolute atomic E-state index is 0.565. The molecule has 4 aromatic rings. The van der Waals surface area contributed by atoms with Crippen LogP contribution < -0.4 is 10.2 Å². The summed E-state index contributed by atoms with van der Waals surface area (Å²) >= 11 is 0. The van der Waals surface area contributed by atoms with E-state index >= 15 is 0 Å². The second-order valence-electron chi connectivity index (χ2n) is 6.18. The summed E-state index contributed by atoms with van der Waals surface area (Å²) in [5.74, 6) is 2.37. The number of anilines is 4. The van der Waals surface area contributed by atoms with Gasteiger partial charge in [0, 0.05) is 31.7 Å². The Balaban J connectivity index is 0.00000109. The summed E-state index contributed by atoms with van der Waals surface area (Å²) < 4.78 is 2.09. The van der Waals surface area contributed by atoms with Gasteiger partial charge in [-0.05, 0) is 43.3 Å². The second kappa shape index (κ2) is 8.52. The van der Waals surface area contributed by atoms with Crippen LogP contribution in [-0.2, 0) is 7.05 Å². The van der Waals surface area contributed by atoms with Crippen molar-refractivity contribution in [1.82, 2.24) is 19.5 Å². The standard InChI is InChI=1S/C20H20N6.C2H6/c1-14-22-17-13-16(9-10-18(17)25(14)2)26(3)19-11-12-21-20(24-19)23-15-7-5-4-6-8-15;1-2/h4-13H,1-3H3,(H,21,23,24);1-2H3. The summed E-state index contributed by atoms with van der Waals surface area (Å²) in [4.78, 5) is 15.6. The topological polar surface area (TPSA) is 58.9 Å². The van der Waals surface area contributed by atoms with Crippen molar-refractivity contribution in [1.29, 1.82) is 0 Å². The van der Waals surface area contributed by atoms with E-state index in [4.69, 9.17) is 0 Å². The molecular formula is C22H26N6. The van der Waals surface area contributed by atoms with Crippen molar-refractivity contribution in [3.05, 3.63) is 66.6 Å². The number of rotatable bonds is 4. The van der Waals surface area contributed by atoms with Crippen molar-refractivity contribution in [2.24, 2.45) is 7.05 Å². The van der Waals surface area contributed by atoms with Crippen molar-refractivity contribution in [3.63, 3.8) is 0 Å². The van der Waals surface area contributed by atoms with Gasteiger partial charge in [0.05, 0.1) is 11.0 Å². The monoisotopic (exact) mass is 374 g/mol. The third kappa shape index (κ3) is 3.96. The summed E-state index contributed by atoms with van der Waals surface area (Å²) in [7, 11) is 4.02. The van der Waals surface area contributed by atoms with Gasteiger partial charge >= 0.3 is 0 Å². The fraction of sp³-hybridized carbons (Fsp3) is 0.227. The molecule has 2 aromatic heterocycles. The summed E-state index contributed by atoms with van der Waals surface area (Å²) in [5, 5.41) is 3.23. The Bertz CT molecular complexity index is 1060. The molecule has 0 aliphatic rings. The predicted octanol–water partition coefficient (Wildman–Crippen LogP) is 5.21. The van der Waals surface area contributed by atoms with Crippen LogP contribution in [-0.4, -0.2) is 26.6 Å². The lowest BCUT2D eigenvalue weighted by molar-refractivity contribution is 0.886. The van der Waals surface area contributed by atoms with Gasteiger partial charge in [0.2, 0.25) is 5.95 Å². The van der Waals surface area contributed by atoms with Gasteiger partial charge in [-0.15, -0.1) is 0 Å². The third-order valence-electron chi connectivity index (χ3n) is 4.49. The molecule has 2 heterocycles. The average Bonchev–Trinajstić information content (AvgIpc) is 3.03. The van der Waals surface area contributed by atoms with Crippen molar-refractivity contribution in [3.8, 4) is 0 Å². The van der Waals surface area contributed by atoms with Crippen LogP contribution in [0.5, 0.6) is 0 Å². The average molecular weight is 374 g/mol. The Hall–Kier alpha value is -3.41. The fourth-order valence-corrected chi connectivity index (χ4v) is 2.90. The summed E-state index contributed by atoms with van der Waals surface area (Å²) in [6.45, 7) is 6.01. The number of fused-ring (bicyclic) bond motifs is 1. The number of nitrogens with zero attached hydrogens (tertiary/aromatic N) is 5. The van der Waals surface area contributed by atoms with Crippen LogP contribution in [0.4, 0.5) is 23.1 Å². The van der Waals surface area contributed by atoms with Crippen molar-refractivity contribution in [2.75, 3.05) is 17.3 Å². The molecule has 0 unspecified atom stereocenters. The van der Waals surface area contributed by atoms with Crippen LogP contribution in [0.2, 0.25) is 0 Å². The van der Waals surface area contributed by atoms with E-state index < -0.39 is 0 Å².